The van der Waals surface area contributed by atoms with E-state index in [9.17, 15) is 12.8 Å². The lowest BCUT2D eigenvalue weighted by atomic mass is 9.96. The molecule has 31 heavy (non-hydrogen) atoms. The molecule has 0 radical (unpaired) electrons. The first-order chi connectivity index (χ1) is 14.9. The Balaban J connectivity index is 1.58. The quantitative estimate of drug-likeness (QED) is 0.547. The van der Waals surface area contributed by atoms with Crippen molar-refractivity contribution in [3.63, 3.8) is 0 Å². The molecule has 1 fully saturated rings. The average Bonchev–Trinajstić information content (AvgIpc) is 2.78. The van der Waals surface area contributed by atoms with E-state index >= 15 is 0 Å². The summed E-state index contributed by atoms with van der Waals surface area (Å²) in [7, 11) is -3.75. The molecule has 7 heteroatoms. The van der Waals surface area contributed by atoms with Gasteiger partial charge in [-0.15, -0.1) is 0 Å². The summed E-state index contributed by atoms with van der Waals surface area (Å²) in [5.41, 5.74) is 2.79. The standard InChI is InChI=1S/C24H24ClFN2O2S/c1-18-7-12-22(26)17-23(18)31(29,30)28-15-13-27(14-16-28)24(19-5-3-2-4-6-19)20-8-10-21(25)11-9-20/h2-12,17,24H,13-16H2,1H3. The predicted octanol–water partition coefficient (Wildman–Crippen LogP) is 4.88. The molecular formula is C24H24ClFN2O2S. The highest BCUT2D eigenvalue weighted by Crippen LogP contribution is 2.31. The fraction of sp³-hybridized carbons (Fsp3) is 0.250. The molecule has 3 aromatic rings. The van der Waals surface area contributed by atoms with Crippen molar-refractivity contribution in [2.24, 2.45) is 0 Å². The van der Waals surface area contributed by atoms with Gasteiger partial charge in [-0.3, -0.25) is 4.90 Å². The molecule has 4 rings (SSSR count). The molecule has 0 spiro atoms. The normalized spacial score (nSPS) is 16.9. The summed E-state index contributed by atoms with van der Waals surface area (Å²) in [6.45, 7) is 3.50. The van der Waals surface area contributed by atoms with Crippen LogP contribution in [0.25, 0.3) is 0 Å². The Morgan fingerprint density at radius 2 is 1.48 bits per heavy atom. The third-order valence-electron chi connectivity index (χ3n) is 5.71. The maximum Gasteiger partial charge on any atom is 0.243 e. The van der Waals surface area contributed by atoms with Gasteiger partial charge in [0, 0.05) is 31.2 Å². The molecule has 1 aliphatic heterocycles. The van der Waals surface area contributed by atoms with Crippen molar-refractivity contribution in [2.45, 2.75) is 17.9 Å². The molecule has 1 unspecified atom stereocenters. The number of piperazine rings is 1. The molecule has 0 aliphatic carbocycles. The van der Waals surface area contributed by atoms with E-state index in [-0.39, 0.29) is 10.9 Å². The van der Waals surface area contributed by atoms with E-state index in [0.29, 0.717) is 36.8 Å². The fourth-order valence-corrected chi connectivity index (χ4v) is 5.87. The van der Waals surface area contributed by atoms with Crippen molar-refractivity contribution in [2.75, 3.05) is 26.2 Å². The maximum absolute atomic E-state index is 13.7. The molecule has 4 nitrogen and oxygen atoms in total. The topological polar surface area (TPSA) is 40.6 Å². The number of hydrogen-bond donors (Lipinski definition) is 0. The molecule has 3 aromatic carbocycles. The van der Waals surface area contributed by atoms with Crippen molar-refractivity contribution in [3.05, 3.63) is 100 Å². The Kier molecular flexibility index (Phi) is 6.44. The molecule has 0 amide bonds. The number of nitrogens with zero attached hydrogens (tertiary/aromatic N) is 2. The summed E-state index contributed by atoms with van der Waals surface area (Å²) >= 11 is 6.09. The number of hydrogen-bond acceptors (Lipinski definition) is 3. The zero-order valence-corrected chi connectivity index (χ0v) is 18.8. The lowest BCUT2D eigenvalue weighted by molar-refractivity contribution is 0.155. The molecule has 0 bridgehead atoms. The van der Waals surface area contributed by atoms with E-state index in [1.165, 1.54) is 16.4 Å². The minimum Gasteiger partial charge on any atom is -0.290 e. The first-order valence-electron chi connectivity index (χ1n) is 10.2. The predicted molar refractivity (Wildman–Crippen MR) is 121 cm³/mol. The first-order valence-corrected chi connectivity index (χ1v) is 12.0. The van der Waals surface area contributed by atoms with E-state index in [4.69, 9.17) is 11.6 Å². The molecule has 0 aromatic heterocycles. The van der Waals surface area contributed by atoms with Crippen LogP contribution in [0, 0.1) is 12.7 Å². The Hall–Kier alpha value is -2.25. The van der Waals surface area contributed by atoms with Crippen LogP contribution >= 0.6 is 11.6 Å². The SMILES string of the molecule is Cc1ccc(F)cc1S(=O)(=O)N1CCN(C(c2ccccc2)c2ccc(Cl)cc2)CC1. The van der Waals surface area contributed by atoms with Gasteiger partial charge in [0.15, 0.2) is 0 Å². The van der Waals surface area contributed by atoms with Crippen LogP contribution in [0.15, 0.2) is 77.7 Å². The number of benzene rings is 3. The highest BCUT2D eigenvalue weighted by atomic mass is 35.5. The van der Waals surface area contributed by atoms with Crippen LogP contribution in [0.4, 0.5) is 4.39 Å². The van der Waals surface area contributed by atoms with Gasteiger partial charge >= 0.3 is 0 Å². The largest absolute Gasteiger partial charge is 0.290 e. The van der Waals surface area contributed by atoms with E-state index in [1.54, 1.807) is 6.92 Å². The van der Waals surface area contributed by atoms with Crippen molar-refractivity contribution in [3.8, 4) is 0 Å². The zero-order chi connectivity index (χ0) is 22.0. The first kappa shape index (κ1) is 22.0. The van der Waals surface area contributed by atoms with Crippen LogP contribution < -0.4 is 0 Å². The maximum atomic E-state index is 13.7. The molecule has 1 aliphatic rings. The van der Waals surface area contributed by atoms with Crippen LogP contribution in [0.3, 0.4) is 0 Å². The van der Waals surface area contributed by atoms with Gasteiger partial charge in [-0.1, -0.05) is 60.1 Å². The number of rotatable bonds is 5. The minimum atomic E-state index is -3.75. The second-order valence-corrected chi connectivity index (χ2v) is 10.1. The third-order valence-corrected chi connectivity index (χ3v) is 8.00. The molecule has 0 N–H and O–H groups in total. The highest BCUT2D eigenvalue weighted by molar-refractivity contribution is 7.89. The summed E-state index contributed by atoms with van der Waals surface area (Å²) in [6.07, 6.45) is 0. The van der Waals surface area contributed by atoms with Gasteiger partial charge in [-0.05, 0) is 47.9 Å². The Morgan fingerprint density at radius 3 is 2.13 bits per heavy atom. The van der Waals surface area contributed by atoms with Gasteiger partial charge in [0.1, 0.15) is 5.82 Å². The summed E-state index contributed by atoms with van der Waals surface area (Å²) in [6, 6.07) is 21.8. The van der Waals surface area contributed by atoms with Crippen molar-refractivity contribution < 1.29 is 12.8 Å². The van der Waals surface area contributed by atoms with Gasteiger partial charge < -0.3 is 0 Å². The fourth-order valence-electron chi connectivity index (χ4n) is 4.09. The summed E-state index contributed by atoms with van der Waals surface area (Å²) < 4.78 is 41.5. The summed E-state index contributed by atoms with van der Waals surface area (Å²) in [5.74, 6) is -0.547. The van der Waals surface area contributed by atoms with E-state index in [1.807, 2.05) is 42.5 Å². The molecule has 0 saturated carbocycles. The Labute approximate surface area is 187 Å². The lowest BCUT2D eigenvalue weighted by Crippen LogP contribution is -2.49. The van der Waals surface area contributed by atoms with Gasteiger partial charge in [0.25, 0.3) is 0 Å². The molecule has 1 atom stereocenters. The second kappa shape index (κ2) is 9.09. The van der Waals surface area contributed by atoms with Crippen LogP contribution in [0.2, 0.25) is 5.02 Å². The number of sulfonamides is 1. The van der Waals surface area contributed by atoms with Crippen LogP contribution in [-0.2, 0) is 10.0 Å². The van der Waals surface area contributed by atoms with Gasteiger partial charge in [0.2, 0.25) is 10.0 Å². The van der Waals surface area contributed by atoms with Crippen molar-refractivity contribution in [1.29, 1.82) is 0 Å². The molecule has 162 valence electrons. The highest BCUT2D eigenvalue weighted by Gasteiger charge is 2.33. The average molecular weight is 459 g/mol. The van der Waals surface area contributed by atoms with Crippen LogP contribution in [0.1, 0.15) is 22.7 Å². The van der Waals surface area contributed by atoms with Crippen molar-refractivity contribution >= 4 is 21.6 Å². The van der Waals surface area contributed by atoms with Gasteiger partial charge in [-0.25, -0.2) is 12.8 Å². The smallest absolute Gasteiger partial charge is 0.243 e. The molecular weight excluding hydrogens is 435 g/mol. The van der Waals surface area contributed by atoms with Gasteiger partial charge in [-0.2, -0.15) is 4.31 Å². The molecule has 1 saturated heterocycles. The monoisotopic (exact) mass is 458 g/mol. The van der Waals surface area contributed by atoms with Gasteiger partial charge in [0.05, 0.1) is 10.9 Å². The van der Waals surface area contributed by atoms with Crippen LogP contribution in [-0.4, -0.2) is 43.8 Å². The summed E-state index contributed by atoms with van der Waals surface area (Å²) in [5, 5.41) is 0.678. The minimum absolute atomic E-state index is 0.000716. The van der Waals surface area contributed by atoms with Crippen molar-refractivity contribution in [1.82, 2.24) is 9.21 Å². The lowest BCUT2D eigenvalue weighted by Gasteiger charge is -2.39. The number of aryl methyl sites for hydroxylation is 1. The summed E-state index contributed by atoms with van der Waals surface area (Å²) in [4.78, 5) is 2.32. The van der Waals surface area contributed by atoms with E-state index in [0.717, 1.165) is 17.2 Å². The number of halogens is 2. The van der Waals surface area contributed by atoms with E-state index < -0.39 is 15.8 Å². The van der Waals surface area contributed by atoms with Crippen LogP contribution in [0.5, 0.6) is 0 Å². The van der Waals surface area contributed by atoms with E-state index in [2.05, 4.69) is 17.0 Å². The Morgan fingerprint density at radius 1 is 0.871 bits per heavy atom. The zero-order valence-electron chi connectivity index (χ0n) is 17.2. The molecule has 1 heterocycles. The Bertz CT molecular complexity index is 1150. The second-order valence-electron chi connectivity index (χ2n) is 7.71. The third kappa shape index (κ3) is 4.67.